The van der Waals surface area contributed by atoms with Gasteiger partial charge in [-0.15, -0.1) is 0 Å². The average Bonchev–Trinajstić information content (AvgIpc) is 2.02. The third-order valence-corrected chi connectivity index (χ3v) is 1.24. The minimum Gasteiger partial charge on any atom is -0.402 e. The molecule has 0 spiro atoms. The van der Waals surface area contributed by atoms with E-state index in [-0.39, 0.29) is 0 Å². The average molecular weight is 133 g/mol. The molecule has 0 bridgehead atoms. The zero-order valence-electron chi connectivity index (χ0n) is 5.83. The SMILES string of the molecule is N/C1=C/C=C\C=C/C=C\C1. The quantitative estimate of drug-likeness (QED) is 0.536. The molecule has 2 N–H and O–H groups in total. The van der Waals surface area contributed by atoms with E-state index in [0.29, 0.717) is 0 Å². The summed E-state index contributed by atoms with van der Waals surface area (Å²) in [6.07, 6.45) is 14.7. The Labute approximate surface area is 61.2 Å². The maximum absolute atomic E-state index is 5.60. The van der Waals surface area contributed by atoms with Gasteiger partial charge in [0.15, 0.2) is 0 Å². The minimum atomic E-state index is 0.842. The molecule has 0 fully saturated rings. The molecule has 0 unspecified atom stereocenters. The molecule has 0 aromatic heterocycles. The molecule has 1 aliphatic carbocycles. The van der Waals surface area contributed by atoms with Gasteiger partial charge in [0.2, 0.25) is 0 Å². The van der Waals surface area contributed by atoms with Gasteiger partial charge in [0, 0.05) is 12.1 Å². The van der Waals surface area contributed by atoms with Crippen LogP contribution in [-0.4, -0.2) is 0 Å². The van der Waals surface area contributed by atoms with Crippen LogP contribution in [0.2, 0.25) is 0 Å². The fourth-order valence-corrected chi connectivity index (χ4v) is 0.722. The molecule has 52 valence electrons. The Kier molecular flexibility index (Phi) is 2.56. The highest BCUT2D eigenvalue weighted by atomic mass is 14.6. The summed E-state index contributed by atoms with van der Waals surface area (Å²) < 4.78 is 0. The Morgan fingerprint density at radius 3 is 2.60 bits per heavy atom. The van der Waals surface area contributed by atoms with Crippen molar-refractivity contribution >= 4 is 0 Å². The molecular formula is C9H11N. The minimum absolute atomic E-state index is 0.842. The first-order valence-electron chi connectivity index (χ1n) is 3.34. The van der Waals surface area contributed by atoms with E-state index in [1.807, 2.05) is 42.5 Å². The second-order valence-electron chi connectivity index (χ2n) is 2.14. The summed E-state index contributed by atoms with van der Waals surface area (Å²) in [5.74, 6) is 0. The summed E-state index contributed by atoms with van der Waals surface area (Å²) in [7, 11) is 0. The monoisotopic (exact) mass is 133 g/mol. The van der Waals surface area contributed by atoms with E-state index in [1.165, 1.54) is 0 Å². The summed E-state index contributed by atoms with van der Waals surface area (Å²) in [6.45, 7) is 0. The normalized spacial score (nSPS) is 32.2. The molecule has 0 radical (unpaired) electrons. The molecule has 1 rings (SSSR count). The molecule has 1 nitrogen and oxygen atoms in total. The van der Waals surface area contributed by atoms with E-state index >= 15 is 0 Å². The number of allylic oxidation sites excluding steroid dienone is 7. The Morgan fingerprint density at radius 1 is 1.00 bits per heavy atom. The Bertz CT molecular complexity index is 207. The third kappa shape index (κ3) is 2.35. The van der Waals surface area contributed by atoms with Crippen LogP contribution >= 0.6 is 0 Å². The number of hydrogen-bond acceptors (Lipinski definition) is 1. The molecular weight excluding hydrogens is 122 g/mol. The first-order valence-corrected chi connectivity index (χ1v) is 3.34. The number of nitrogens with two attached hydrogens (primary N) is 1. The second-order valence-corrected chi connectivity index (χ2v) is 2.14. The zero-order chi connectivity index (χ0) is 7.23. The van der Waals surface area contributed by atoms with Crippen LogP contribution in [0, 0.1) is 0 Å². The van der Waals surface area contributed by atoms with Crippen molar-refractivity contribution in [2.24, 2.45) is 5.73 Å². The van der Waals surface area contributed by atoms with E-state index in [9.17, 15) is 0 Å². The van der Waals surface area contributed by atoms with Crippen molar-refractivity contribution < 1.29 is 0 Å². The van der Waals surface area contributed by atoms with Gasteiger partial charge in [-0.3, -0.25) is 0 Å². The third-order valence-electron chi connectivity index (χ3n) is 1.24. The van der Waals surface area contributed by atoms with E-state index in [4.69, 9.17) is 5.73 Å². The molecule has 1 aliphatic rings. The summed E-state index contributed by atoms with van der Waals surface area (Å²) >= 11 is 0. The van der Waals surface area contributed by atoms with Crippen molar-refractivity contribution in [3.8, 4) is 0 Å². The molecule has 1 heteroatoms. The molecule has 0 aliphatic heterocycles. The van der Waals surface area contributed by atoms with Crippen molar-refractivity contribution in [1.29, 1.82) is 0 Å². The highest BCUT2D eigenvalue weighted by molar-refractivity contribution is 5.21. The van der Waals surface area contributed by atoms with Gasteiger partial charge in [0.05, 0.1) is 0 Å². The Hall–Kier alpha value is -1.24. The van der Waals surface area contributed by atoms with Gasteiger partial charge in [0.1, 0.15) is 0 Å². The van der Waals surface area contributed by atoms with Crippen LogP contribution < -0.4 is 5.73 Å². The maximum atomic E-state index is 5.60. The molecule has 0 saturated heterocycles. The predicted octanol–water partition coefficient (Wildman–Crippen LogP) is 1.90. The van der Waals surface area contributed by atoms with Crippen molar-refractivity contribution in [1.82, 2.24) is 0 Å². The van der Waals surface area contributed by atoms with Gasteiger partial charge in [-0.2, -0.15) is 0 Å². The molecule has 0 aromatic carbocycles. The smallest absolute Gasteiger partial charge is 0.0119 e. The van der Waals surface area contributed by atoms with Gasteiger partial charge in [0.25, 0.3) is 0 Å². The first-order chi connectivity index (χ1) is 4.89. The lowest BCUT2D eigenvalue weighted by atomic mass is 10.3. The number of rotatable bonds is 0. The lowest BCUT2D eigenvalue weighted by Crippen LogP contribution is -1.93. The van der Waals surface area contributed by atoms with Crippen molar-refractivity contribution in [2.45, 2.75) is 6.42 Å². The van der Waals surface area contributed by atoms with Gasteiger partial charge < -0.3 is 5.73 Å². The largest absolute Gasteiger partial charge is 0.402 e. The lowest BCUT2D eigenvalue weighted by molar-refractivity contribution is 1.17. The van der Waals surface area contributed by atoms with Crippen molar-refractivity contribution in [3.05, 3.63) is 48.2 Å². The van der Waals surface area contributed by atoms with Crippen LogP contribution in [0.3, 0.4) is 0 Å². The second kappa shape index (κ2) is 3.72. The van der Waals surface area contributed by atoms with E-state index in [1.54, 1.807) is 0 Å². The maximum Gasteiger partial charge on any atom is 0.0119 e. The molecule has 0 amide bonds. The topological polar surface area (TPSA) is 26.0 Å². The van der Waals surface area contributed by atoms with Gasteiger partial charge in [-0.05, 0) is 6.08 Å². The van der Waals surface area contributed by atoms with Crippen LogP contribution in [0.5, 0.6) is 0 Å². The summed E-state index contributed by atoms with van der Waals surface area (Å²) in [5, 5.41) is 0. The number of hydrogen-bond donors (Lipinski definition) is 1. The molecule has 0 heterocycles. The Balaban J connectivity index is 2.70. The van der Waals surface area contributed by atoms with Crippen molar-refractivity contribution in [3.63, 3.8) is 0 Å². The fourth-order valence-electron chi connectivity index (χ4n) is 0.722. The lowest BCUT2D eigenvalue weighted by Gasteiger charge is -1.90. The summed E-state index contributed by atoms with van der Waals surface area (Å²) in [6, 6.07) is 0. The summed E-state index contributed by atoms with van der Waals surface area (Å²) in [4.78, 5) is 0. The van der Waals surface area contributed by atoms with E-state index in [2.05, 4.69) is 0 Å². The van der Waals surface area contributed by atoms with Gasteiger partial charge in [-0.25, -0.2) is 0 Å². The molecule has 0 saturated carbocycles. The predicted molar refractivity (Wildman–Crippen MR) is 44.3 cm³/mol. The van der Waals surface area contributed by atoms with E-state index < -0.39 is 0 Å². The van der Waals surface area contributed by atoms with Crippen LogP contribution in [-0.2, 0) is 0 Å². The molecule has 0 atom stereocenters. The molecule has 10 heavy (non-hydrogen) atoms. The standard InChI is InChI=1S/C9H11N/c10-9-7-5-3-1-2-4-6-8-9/h1-7H,8,10H2/b2-1-,5-3-,6-4-,9-7+. The molecule has 0 aromatic rings. The first kappa shape index (κ1) is 6.87. The fraction of sp³-hybridized carbons (Fsp3) is 0.111. The van der Waals surface area contributed by atoms with Crippen LogP contribution in [0.4, 0.5) is 0 Å². The zero-order valence-corrected chi connectivity index (χ0v) is 5.83. The van der Waals surface area contributed by atoms with Gasteiger partial charge >= 0.3 is 0 Å². The van der Waals surface area contributed by atoms with E-state index in [0.717, 1.165) is 12.1 Å². The Morgan fingerprint density at radius 2 is 1.70 bits per heavy atom. The highest BCUT2D eigenvalue weighted by Gasteiger charge is 1.82. The summed E-state index contributed by atoms with van der Waals surface area (Å²) in [5.41, 5.74) is 6.50. The van der Waals surface area contributed by atoms with Crippen LogP contribution in [0.25, 0.3) is 0 Å². The van der Waals surface area contributed by atoms with Crippen LogP contribution in [0.1, 0.15) is 6.42 Å². The van der Waals surface area contributed by atoms with Gasteiger partial charge in [-0.1, -0.05) is 36.5 Å². The highest BCUT2D eigenvalue weighted by Crippen LogP contribution is 1.97. The van der Waals surface area contributed by atoms with Crippen LogP contribution in [0.15, 0.2) is 48.2 Å². The van der Waals surface area contributed by atoms with Crippen molar-refractivity contribution in [2.75, 3.05) is 0 Å².